The third-order valence-electron chi connectivity index (χ3n) is 3.09. The van der Waals surface area contributed by atoms with Crippen LogP contribution >= 0.6 is 11.6 Å². The number of hydrazine groups is 1. The van der Waals surface area contributed by atoms with Crippen LogP contribution in [0.4, 0.5) is 0 Å². The van der Waals surface area contributed by atoms with Crippen molar-refractivity contribution in [2.75, 3.05) is 0 Å². The molecule has 86 valence electrons. The molecule has 1 fully saturated rings. The lowest BCUT2D eigenvalue weighted by Gasteiger charge is -2.15. The van der Waals surface area contributed by atoms with Crippen LogP contribution in [0, 0.1) is 5.92 Å². The topological polar surface area (TPSA) is 41.1 Å². The highest BCUT2D eigenvalue weighted by Gasteiger charge is 2.32. The van der Waals surface area contributed by atoms with Gasteiger partial charge < -0.3 is 4.79 Å². The first-order valence-corrected chi connectivity index (χ1v) is 5.80. The van der Waals surface area contributed by atoms with Crippen molar-refractivity contribution < 1.29 is 4.79 Å². The average molecular weight is 239 g/mol. The van der Waals surface area contributed by atoms with Gasteiger partial charge in [0.2, 0.25) is 0 Å². The van der Waals surface area contributed by atoms with Crippen LogP contribution in [-0.2, 0) is 11.2 Å². The number of halogens is 1. The van der Waals surface area contributed by atoms with Gasteiger partial charge in [0.25, 0.3) is 0 Å². The normalized spacial score (nSPS) is 29.2. The van der Waals surface area contributed by atoms with Crippen LogP contribution in [0.3, 0.4) is 0 Å². The average Bonchev–Trinajstić information content (AvgIpc) is 2.63. The maximum atomic E-state index is 11.0. The molecule has 4 heteroatoms. The first kappa shape index (κ1) is 11.6. The summed E-state index contributed by atoms with van der Waals surface area (Å²) in [6.45, 7) is 2.00. The Morgan fingerprint density at radius 2 is 2.12 bits per heavy atom. The van der Waals surface area contributed by atoms with E-state index in [0.29, 0.717) is 0 Å². The maximum absolute atomic E-state index is 11.0. The highest BCUT2D eigenvalue weighted by atomic mass is 35.5. The molecule has 16 heavy (non-hydrogen) atoms. The summed E-state index contributed by atoms with van der Waals surface area (Å²) >= 11 is 6.09. The van der Waals surface area contributed by atoms with E-state index >= 15 is 0 Å². The molecule has 0 aromatic heterocycles. The fraction of sp³-hybridized carbons (Fsp3) is 0.417. The van der Waals surface area contributed by atoms with E-state index in [1.807, 2.05) is 31.2 Å². The second-order valence-corrected chi connectivity index (χ2v) is 4.60. The van der Waals surface area contributed by atoms with E-state index in [-0.39, 0.29) is 18.0 Å². The van der Waals surface area contributed by atoms with Gasteiger partial charge in [-0.3, -0.25) is 10.9 Å². The Bertz CT molecular complexity index is 383. The molecule has 1 aromatic rings. The summed E-state index contributed by atoms with van der Waals surface area (Å²) in [5.41, 5.74) is 7.30. The molecule has 2 N–H and O–H groups in total. The molecule has 0 aliphatic carbocycles. The number of nitrogens with one attached hydrogen (secondary N) is 2. The van der Waals surface area contributed by atoms with Crippen molar-refractivity contribution in [3.63, 3.8) is 0 Å². The fourth-order valence-corrected chi connectivity index (χ4v) is 2.29. The first-order chi connectivity index (χ1) is 7.72. The van der Waals surface area contributed by atoms with E-state index in [9.17, 15) is 4.79 Å². The summed E-state index contributed by atoms with van der Waals surface area (Å²) in [4.78, 5) is 11.0. The number of benzene rings is 1. The zero-order chi connectivity index (χ0) is 11.5. The predicted octanol–water partition coefficient (Wildman–Crippen LogP) is 1.56. The minimum atomic E-state index is -0.00345. The molecule has 0 spiro atoms. The summed E-state index contributed by atoms with van der Waals surface area (Å²) in [7, 11) is 0. The van der Waals surface area contributed by atoms with Crippen molar-refractivity contribution >= 4 is 17.9 Å². The molecular weight excluding hydrogens is 224 g/mol. The lowest BCUT2D eigenvalue weighted by Crippen LogP contribution is -2.34. The smallest absolute Gasteiger partial charge is 0.126 e. The van der Waals surface area contributed by atoms with Crippen molar-refractivity contribution in [3.8, 4) is 0 Å². The van der Waals surface area contributed by atoms with E-state index in [2.05, 4.69) is 10.9 Å². The molecule has 1 aromatic carbocycles. The first-order valence-electron chi connectivity index (χ1n) is 5.42. The molecule has 1 heterocycles. The van der Waals surface area contributed by atoms with Crippen LogP contribution in [0.25, 0.3) is 0 Å². The predicted molar refractivity (Wildman–Crippen MR) is 64.2 cm³/mol. The number of rotatable bonds is 3. The second kappa shape index (κ2) is 4.95. The third kappa shape index (κ3) is 2.26. The summed E-state index contributed by atoms with van der Waals surface area (Å²) in [6, 6.07) is 8.03. The molecule has 2 rings (SSSR count). The summed E-state index contributed by atoms with van der Waals surface area (Å²) in [6.07, 6.45) is 1.78. The monoisotopic (exact) mass is 238 g/mol. The summed E-state index contributed by atoms with van der Waals surface area (Å²) < 4.78 is 0. The van der Waals surface area contributed by atoms with Gasteiger partial charge in [-0.25, -0.2) is 0 Å². The molecule has 0 amide bonds. The van der Waals surface area contributed by atoms with Crippen LogP contribution < -0.4 is 10.9 Å². The highest BCUT2D eigenvalue weighted by molar-refractivity contribution is 6.31. The van der Waals surface area contributed by atoms with Crippen LogP contribution in [-0.4, -0.2) is 18.4 Å². The van der Waals surface area contributed by atoms with Crippen LogP contribution in [0.5, 0.6) is 0 Å². The van der Waals surface area contributed by atoms with Crippen LogP contribution in [0.2, 0.25) is 5.02 Å². The molecule has 0 bridgehead atoms. The zero-order valence-electron chi connectivity index (χ0n) is 9.11. The van der Waals surface area contributed by atoms with E-state index < -0.39 is 0 Å². The molecule has 1 saturated heterocycles. The SMILES string of the molecule is CC1NNC(Cc2ccccc2Cl)C1C=O. The lowest BCUT2D eigenvalue weighted by atomic mass is 9.92. The van der Waals surface area contributed by atoms with E-state index in [0.717, 1.165) is 23.3 Å². The largest absolute Gasteiger partial charge is 0.303 e. The van der Waals surface area contributed by atoms with Gasteiger partial charge in [-0.1, -0.05) is 29.8 Å². The van der Waals surface area contributed by atoms with Crippen molar-refractivity contribution in [2.45, 2.75) is 25.4 Å². The zero-order valence-corrected chi connectivity index (χ0v) is 9.87. The highest BCUT2D eigenvalue weighted by Crippen LogP contribution is 2.21. The molecule has 1 aliphatic rings. The van der Waals surface area contributed by atoms with Gasteiger partial charge in [-0.05, 0) is 25.0 Å². The Balaban J connectivity index is 2.10. The molecule has 3 nitrogen and oxygen atoms in total. The van der Waals surface area contributed by atoms with Gasteiger partial charge in [-0.2, -0.15) is 0 Å². The number of carbonyl (C=O) groups excluding carboxylic acids is 1. The van der Waals surface area contributed by atoms with Crippen molar-refractivity contribution in [1.82, 2.24) is 10.9 Å². The lowest BCUT2D eigenvalue weighted by molar-refractivity contribution is -0.111. The van der Waals surface area contributed by atoms with E-state index in [1.165, 1.54) is 0 Å². The molecule has 1 aliphatic heterocycles. The summed E-state index contributed by atoms with van der Waals surface area (Å²) in [5.74, 6) is -0.00345. The molecule has 0 radical (unpaired) electrons. The Morgan fingerprint density at radius 1 is 1.38 bits per heavy atom. The van der Waals surface area contributed by atoms with Gasteiger partial charge in [0.05, 0.1) is 0 Å². The van der Waals surface area contributed by atoms with Gasteiger partial charge >= 0.3 is 0 Å². The summed E-state index contributed by atoms with van der Waals surface area (Å²) in [5, 5.41) is 0.758. The van der Waals surface area contributed by atoms with Gasteiger partial charge in [-0.15, -0.1) is 0 Å². The van der Waals surface area contributed by atoms with E-state index in [4.69, 9.17) is 11.6 Å². The standard InChI is InChI=1S/C12H15ClN2O/c1-8-10(7-16)12(15-14-8)6-9-4-2-3-5-11(9)13/h2-5,7-8,10,12,14-15H,6H2,1H3. The fourth-order valence-electron chi connectivity index (χ4n) is 2.08. The van der Waals surface area contributed by atoms with Gasteiger partial charge in [0.15, 0.2) is 0 Å². The molecular formula is C12H15ClN2O. The van der Waals surface area contributed by atoms with Gasteiger partial charge in [0, 0.05) is 23.0 Å². The van der Waals surface area contributed by atoms with Crippen LogP contribution in [0.15, 0.2) is 24.3 Å². The minimum Gasteiger partial charge on any atom is -0.303 e. The third-order valence-corrected chi connectivity index (χ3v) is 3.46. The Kier molecular flexibility index (Phi) is 3.59. The maximum Gasteiger partial charge on any atom is 0.126 e. The van der Waals surface area contributed by atoms with Crippen molar-refractivity contribution in [3.05, 3.63) is 34.9 Å². The quantitative estimate of drug-likeness (QED) is 0.786. The van der Waals surface area contributed by atoms with Crippen LogP contribution in [0.1, 0.15) is 12.5 Å². The number of carbonyl (C=O) groups is 1. The number of hydrogen-bond donors (Lipinski definition) is 2. The molecule has 3 unspecified atom stereocenters. The molecule has 0 saturated carbocycles. The number of aldehydes is 1. The minimum absolute atomic E-state index is 0.00345. The van der Waals surface area contributed by atoms with Crippen molar-refractivity contribution in [2.24, 2.45) is 5.92 Å². The molecule has 3 atom stereocenters. The van der Waals surface area contributed by atoms with E-state index in [1.54, 1.807) is 0 Å². The Labute approximate surface area is 100 Å². The van der Waals surface area contributed by atoms with Gasteiger partial charge in [0.1, 0.15) is 6.29 Å². The number of hydrogen-bond acceptors (Lipinski definition) is 3. The van der Waals surface area contributed by atoms with Crippen molar-refractivity contribution in [1.29, 1.82) is 0 Å². The Hall–Kier alpha value is -0.900. The Morgan fingerprint density at radius 3 is 2.81 bits per heavy atom. The second-order valence-electron chi connectivity index (χ2n) is 4.19.